The number of primary amides is 1. The van der Waals surface area contributed by atoms with Gasteiger partial charge in [-0.2, -0.15) is 0 Å². The second kappa shape index (κ2) is 10.2. The summed E-state index contributed by atoms with van der Waals surface area (Å²) >= 11 is 0. The minimum atomic E-state index is -0.812. The first-order chi connectivity index (χ1) is 13.9. The molecule has 4 N–H and O–H groups in total. The van der Waals surface area contributed by atoms with Gasteiger partial charge in [0.25, 0.3) is 0 Å². The summed E-state index contributed by atoms with van der Waals surface area (Å²) in [5.74, 6) is 0.564. The van der Waals surface area contributed by atoms with Crippen molar-refractivity contribution in [3.05, 3.63) is 42.2 Å². The first-order valence-electron chi connectivity index (χ1n) is 10.2. The predicted molar refractivity (Wildman–Crippen MR) is 106 cm³/mol. The second-order valence-corrected chi connectivity index (χ2v) is 8.06. The Labute approximate surface area is 170 Å². The topological polar surface area (TPSA) is 102 Å². The van der Waals surface area contributed by atoms with Gasteiger partial charge in [0.05, 0.1) is 12.2 Å². The number of aliphatic hydroxyl groups is 2. The number of nitrogens with two attached hydrogens (primary N) is 1. The highest BCUT2D eigenvalue weighted by Gasteiger charge is 2.47. The third kappa shape index (κ3) is 6.26. The molecule has 0 aromatic heterocycles. The zero-order valence-corrected chi connectivity index (χ0v) is 16.5. The molecule has 0 saturated heterocycles. The van der Waals surface area contributed by atoms with Gasteiger partial charge in [0, 0.05) is 18.9 Å². The lowest BCUT2D eigenvalue weighted by molar-refractivity contribution is -0.118. The van der Waals surface area contributed by atoms with Crippen molar-refractivity contribution in [3.8, 4) is 5.75 Å². The van der Waals surface area contributed by atoms with Crippen LogP contribution in [0.25, 0.3) is 0 Å². The van der Waals surface area contributed by atoms with Crippen LogP contribution in [0, 0.1) is 23.6 Å². The highest BCUT2D eigenvalue weighted by atomic mass is 19.1. The van der Waals surface area contributed by atoms with Gasteiger partial charge in [0.2, 0.25) is 5.91 Å². The fourth-order valence-electron chi connectivity index (χ4n) is 4.53. The molecular formula is C22H30FNO5. The maximum atomic E-state index is 12.9. The maximum absolute atomic E-state index is 12.9. The van der Waals surface area contributed by atoms with Crippen molar-refractivity contribution >= 4 is 5.91 Å². The highest BCUT2D eigenvalue weighted by molar-refractivity contribution is 5.73. The Hall–Kier alpha value is -1.96. The van der Waals surface area contributed by atoms with Gasteiger partial charge in [-0.15, -0.1) is 0 Å². The third-order valence-electron chi connectivity index (χ3n) is 5.90. The van der Waals surface area contributed by atoms with Crippen molar-refractivity contribution in [3.63, 3.8) is 0 Å². The van der Waals surface area contributed by atoms with Crippen molar-refractivity contribution in [1.29, 1.82) is 0 Å². The largest absolute Gasteiger partial charge is 0.491 e. The monoisotopic (exact) mass is 407 g/mol. The number of halogens is 1. The van der Waals surface area contributed by atoms with E-state index in [0.717, 1.165) is 19.3 Å². The Kier molecular flexibility index (Phi) is 7.64. The first-order valence-corrected chi connectivity index (χ1v) is 10.2. The Balaban J connectivity index is 1.44. The lowest BCUT2D eigenvalue weighted by atomic mass is 9.90. The number of amides is 1. The van der Waals surface area contributed by atoms with Crippen molar-refractivity contribution in [2.24, 2.45) is 23.5 Å². The Morgan fingerprint density at radius 1 is 1.28 bits per heavy atom. The summed E-state index contributed by atoms with van der Waals surface area (Å²) in [6.07, 6.45) is 5.97. The molecule has 1 aromatic carbocycles. The molecule has 2 aliphatic carbocycles. The molecule has 0 aliphatic heterocycles. The molecule has 160 valence electrons. The zero-order chi connectivity index (χ0) is 20.8. The minimum Gasteiger partial charge on any atom is -0.491 e. The minimum absolute atomic E-state index is 0.0142. The number of carbonyl (C=O) groups is 1. The van der Waals surface area contributed by atoms with Gasteiger partial charge in [0.15, 0.2) is 0 Å². The van der Waals surface area contributed by atoms with Crippen LogP contribution in [0.5, 0.6) is 5.75 Å². The van der Waals surface area contributed by atoms with Crippen molar-refractivity contribution in [2.75, 3.05) is 13.2 Å². The SMILES string of the molecule is NC(=O)CCCOC1C[C@H]2C[C@@H](O)[C@H](C=CC(O)COc3ccc(F)cc3)[C@@H]2C1. The number of fused-ring (bicyclic) bond motifs is 1. The zero-order valence-electron chi connectivity index (χ0n) is 16.5. The van der Waals surface area contributed by atoms with Crippen LogP contribution >= 0.6 is 0 Å². The molecule has 1 amide bonds. The quantitative estimate of drug-likeness (QED) is 0.408. The van der Waals surface area contributed by atoms with E-state index in [2.05, 4.69) is 0 Å². The van der Waals surface area contributed by atoms with Crippen molar-refractivity contribution < 1.29 is 28.9 Å². The summed E-state index contributed by atoms with van der Waals surface area (Å²) in [6, 6.07) is 5.64. The van der Waals surface area contributed by atoms with E-state index in [1.807, 2.05) is 6.08 Å². The van der Waals surface area contributed by atoms with Gasteiger partial charge in [0.1, 0.15) is 24.3 Å². The summed E-state index contributed by atoms with van der Waals surface area (Å²) in [7, 11) is 0. The molecule has 1 aromatic rings. The van der Waals surface area contributed by atoms with E-state index in [-0.39, 0.29) is 30.4 Å². The van der Waals surface area contributed by atoms with Crippen LogP contribution in [0.4, 0.5) is 4.39 Å². The maximum Gasteiger partial charge on any atom is 0.217 e. The van der Waals surface area contributed by atoms with Gasteiger partial charge in [-0.3, -0.25) is 4.79 Å². The smallest absolute Gasteiger partial charge is 0.217 e. The van der Waals surface area contributed by atoms with Crippen LogP contribution in [-0.2, 0) is 9.53 Å². The number of aliphatic hydroxyl groups excluding tert-OH is 2. The molecule has 29 heavy (non-hydrogen) atoms. The number of carbonyl (C=O) groups excluding carboxylic acids is 1. The van der Waals surface area contributed by atoms with E-state index in [1.165, 1.54) is 24.3 Å². The summed E-state index contributed by atoms with van der Waals surface area (Å²) in [4.78, 5) is 10.8. The van der Waals surface area contributed by atoms with Gasteiger partial charge in [-0.1, -0.05) is 12.2 Å². The standard InChI is InChI=1S/C22H30FNO5/c23-15-3-6-17(7-4-15)29-13-16(25)5-8-19-20-12-18(10-14(20)11-21(19)26)28-9-1-2-22(24)27/h3-8,14,16,18-21,25-26H,1-2,9-13H2,(H2,24,27)/t14-,16?,18?,19+,20+,21+/m0/s1. The molecule has 6 atom stereocenters. The van der Waals surface area contributed by atoms with Crippen LogP contribution in [0.2, 0.25) is 0 Å². The van der Waals surface area contributed by atoms with Gasteiger partial charge in [-0.25, -0.2) is 4.39 Å². The first kappa shape index (κ1) is 21.7. The molecule has 0 spiro atoms. The third-order valence-corrected chi connectivity index (χ3v) is 5.90. The van der Waals surface area contributed by atoms with E-state index in [9.17, 15) is 19.4 Å². The number of benzene rings is 1. The number of hydrogen-bond donors (Lipinski definition) is 3. The molecule has 0 heterocycles. The van der Waals surface area contributed by atoms with Gasteiger partial charge in [-0.05, 0) is 61.8 Å². The molecule has 0 radical (unpaired) electrons. The molecule has 3 rings (SSSR count). The van der Waals surface area contributed by atoms with Crippen LogP contribution in [0.3, 0.4) is 0 Å². The fourth-order valence-corrected chi connectivity index (χ4v) is 4.53. The van der Waals surface area contributed by atoms with E-state index < -0.39 is 12.2 Å². The fraction of sp³-hybridized carbons (Fsp3) is 0.591. The predicted octanol–water partition coefficient (Wildman–Crippen LogP) is 2.18. The highest BCUT2D eigenvalue weighted by Crippen LogP contribution is 2.49. The summed E-state index contributed by atoms with van der Waals surface area (Å²) in [5, 5.41) is 20.6. The lowest BCUT2D eigenvalue weighted by Crippen LogP contribution is -2.21. The Morgan fingerprint density at radius 2 is 2.03 bits per heavy atom. The summed E-state index contributed by atoms with van der Waals surface area (Å²) < 4.78 is 24.2. The lowest BCUT2D eigenvalue weighted by Gasteiger charge is -2.19. The Morgan fingerprint density at radius 3 is 2.76 bits per heavy atom. The molecule has 2 aliphatic rings. The average Bonchev–Trinajstić information content (AvgIpc) is 3.19. The normalized spacial score (nSPS) is 29.8. The summed E-state index contributed by atoms with van der Waals surface area (Å²) in [6.45, 7) is 0.584. The summed E-state index contributed by atoms with van der Waals surface area (Å²) in [5.41, 5.74) is 5.14. The van der Waals surface area contributed by atoms with E-state index in [4.69, 9.17) is 15.2 Å². The van der Waals surface area contributed by atoms with Gasteiger partial charge < -0.3 is 25.4 Å². The molecule has 7 heteroatoms. The van der Waals surface area contributed by atoms with Crippen LogP contribution < -0.4 is 10.5 Å². The van der Waals surface area contributed by atoms with Crippen LogP contribution in [0.1, 0.15) is 32.1 Å². The molecule has 2 fully saturated rings. The average molecular weight is 407 g/mol. The Bertz CT molecular complexity index is 695. The van der Waals surface area contributed by atoms with Crippen molar-refractivity contribution in [2.45, 2.75) is 50.4 Å². The van der Waals surface area contributed by atoms with E-state index in [1.54, 1.807) is 6.08 Å². The number of rotatable bonds is 10. The molecule has 2 unspecified atom stereocenters. The number of hydrogen-bond acceptors (Lipinski definition) is 5. The molecule has 0 bridgehead atoms. The van der Waals surface area contributed by atoms with E-state index >= 15 is 0 Å². The van der Waals surface area contributed by atoms with Crippen LogP contribution in [-0.4, -0.2) is 47.6 Å². The van der Waals surface area contributed by atoms with E-state index in [0.29, 0.717) is 37.0 Å². The molecule has 6 nitrogen and oxygen atoms in total. The molecular weight excluding hydrogens is 377 g/mol. The second-order valence-electron chi connectivity index (χ2n) is 8.06. The van der Waals surface area contributed by atoms with Gasteiger partial charge >= 0.3 is 0 Å². The number of ether oxygens (including phenoxy) is 2. The van der Waals surface area contributed by atoms with Crippen LogP contribution in [0.15, 0.2) is 36.4 Å². The molecule has 2 saturated carbocycles. The van der Waals surface area contributed by atoms with Crippen molar-refractivity contribution in [1.82, 2.24) is 0 Å².